The molecule has 0 bridgehead atoms. The maximum atomic E-state index is 13.7. The van der Waals surface area contributed by atoms with E-state index < -0.39 is 27.4 Å². The maximum absolute atomic E-state index is 13.7. The number of hydrogen-bond acceptors (Lipinski definition) is 11. The van der Waals surface area contributed by atoms with Crippen LogP contribution in [-0.4, -0.2) is 75.9 Å². The van der Waals surface area contributed by atoms with Gasteiger partial charge >= 0.3 is 0 Å². The first-order valence-corrected chi connectivity index (χ1v) is 14.3. The van der Waals surface area contributed by atoms with E-state index in [1.54, 1.807) is 37.8 Å². The number of sulfonamides is 1. The van der Waals surface area contributed by atoms with Gasteiger partial charge < -0.3 is 18.9 Å². The molecule has 0 aliphatic carbocycles. The highest BCUT2D eigenvalue weighted by Crippen LogP contribution is 2.41. The van der Waals surface area contributed by atoms with Gasteiger partial charge in [0.05, 0.1) is 35.4 Å². The van der Waals surface area contributed by atoms with Crippen molar-refractivity contribution in [1.29, 1.82) is 0 Å². The van der Waals surface area contributed by atoms with Crippen LogP contribution in [0, 0.1) is 0 Å². The topological polar surface area (TPSA) is 152 Å². The lowest BCUT2D eigenvalue weighted by molar-refractivity contribution is 0.00154. The summed E-state index contributed by atoms with van der Waals surface area (Å²) in [5, 5.41) is 7.72. The van der Waals surface area contributed by atoms with Gasteiger partial charge in [0.15, 0.2) is 17.4 Å². The standard InChI is InChI=1S/C24H32ClN7O6S/c1-13(2)37-19(21-27-9-16(25)10-28-21)15(5)39(33,34)31-24-30-29-22-18-7-8-26-23(38-14(3)4)20(18)36-12-17(11-35-6)32(22)24/h7-10,13-15,17,19H,11-12H2,1-6H3,(H,30,31)/t15?,17-,19?/m1/s1. The maximum Gasteiger partial charge on any atom is 0.258 e. The van der Waals surface area contributed by atoms with E-state index in [0.717, 1.165) is 0 Å². The van der Waals surface area contributed by atoms with E-state index in [1.165, 1.54) is 19.3 Å². The number of anilines is 1. The average molecular weight is 582 g/mol. The van der Waals surface area contributed by atoms with Crippen molar-refractivity contribution in [1.82, 2.24) is 29.7 Å². The van der Waals surface area contributed by atoms with Gasteiger partial charge in [-0.1, -0.05) is 11.6 Å². The fourth-order valence-corrected chi connectivity index (χ4v) is 5.23. The van der Waals surface area contributed by atoms with Crippen molar-refractivity contribution in [3.8, 4) is 23.0 Å². The molecule has 3 aromatic rings. The molecule has 4 rings (SSSR count). The fourth-order valence-electron chi connectivity index (χ4n) is 4.04. The Balaban J connectivity index is 1.73. The molecule has 0 saturated heterocycles. The molecule has 3 atom stereocenters. The van der Waals surface area contributed by atoms with Crippen molar-refractivity contribution in [2.75, 3.05) is 25.0 Å². The van der Waals surface area contributed by atoms with E-state index in [9.17, 15) is 8.42 Å². The summed E-state index contributed by atoms with van der Waals surface area (Å²) < 4.78 is 54.9. The van der Waals surface area contributed by atoms with Gasteiger partial charge in [-0.3, -0.25) is 9.29 Å². The first kappa shape index (κ1) is 28.9. The number of ether oxygens (including phenoxy) is 4. The third-order valence-electron chi connectivity index (χ3n) is 5.76. The highest BCUT2D eigenvalue weighted by molar-refractivity contribution is 7.93. The van der Waals surface area contributed by atoms with Crippen LogP contribution in [0.5, 0.6) is 11.6 Å². The number of fused-ring (bicyclic) bond motifs is 3. The first-order chi connectivity index (χ1) is 18.5. The summed E-state index contributed by atoms with van der Waals surface area (Å²) in [5.74, 6) is 1.27. The molecule has 0 spiro atoms. The molecule has 1 N–H and O–H groups in total. The van der Waals surface area contributed by atoms with Gasteiger partial charge in [0.2, 0.25) is 16.0 Å². The quantitative estimate of drug-likeness (QED) is 0.354. The third kappa shape index (κ3) is 6.40. The second-order valence-electron chi connectivity index (χ2n) is 9.51. The van der Waals surface area contributed by atoms with Crippen LogP contribution >= 0.6 is 11.6 Å². The number of pyridine rings is 1. The van der Waals surface area contributed by atoms with E-state index in [0.29, 0.717) is 28.0 Å². The smallest absolute Gasteiger partial charge is 0.258 e. The highest BCUT2D eigenvalue weighted by Gasteiger charge is 2.37. The molecule has 1 aliphatic rings. The number of hydrogen-bond donors (Lipinski definition) is 1. The molecule has 13 nitrogen and oxygen atoms in total. The summed E-state index contributed by atoms with van der Waals surface area (Å²) in [6.45, 7) is 9.21. The predicted octanol–water partition coefficient (Wildman–Crippen LogP) is 3.45. The molecule has 0 fully saturated rings. The minimum absolute atomic E-state index is 0.00110. The monoisotopic (exact) mass is 581 g/mol. The Morgan fingerprint density at radius 3 is 2.49 bits per heavy atom. The van der Waals surface area contributed by atoms with Crippen molar-refractivity contribution in [3.63, 3.8) is 0 Å². The van der Waals surface area contributed by atoms with Gasteiger partial charge in [-0.15, -0.1) is 10.2 Å². The van der Waals surface area contributed by atoms with Gasteiger partial charge in [0.1, 0.15) is 18.0 Å². The van der Waals surface area contributed by atoms with Gasteiger partial charge in [-0.25, -0.2) is 23.4 Å². The molecule has 0 saturated carbocycles. The van der Waals surface area contributed by atoms with Gasteiger partial charge in [0.25, 0.3) is 5.88 Å². The van der Waals surface area contributed by atoms with Crippen molar-refractivity contribution in [2.24, 2.45) is 0 Å². The number of methoxy groups -OCH3 is 1. The van der Waals surface area contributed by atoms with E-state index in [-0.39, 0.29) is 37.2 Å². The summed E-state index contributed by atoms with van der Waals surface area (Å²) in [6, 6.07) is 1.25. The Kier molecular flexibility index (Phi) is 8.89. The number of rotatable bonds is 11. The molecular formula is C24H32ClN7O6S. The molecule has 212 valence electrons. The van der Waals surface area contributed by atoms with Crippen LogP contribution in [0.1, 0.15) is 52.6 Å². The van der Waals surface area contributed by atoms with Crippen LogP contribution < -0.4 is 14.2 Å². The molecule has 1 aliphatic heterocycles. The second kappa shape index (κ2) is 12.0. The highest BCUT2D eigenvalue weighted by atomic mass is 35.5. The number of nitrogens with one attached hydrogen (secondary N) is 1. The lowest BCUT2D eigenvalue weighted by atomic mass is 10.2. The summed E-state index contributed by atoms with van der Waals surface area (Å²) in [7, 11) is -2.56. The minimum atomic E-state index is -4.10. The lowest BCUT2D eigenvalue weighted by Crippen LogP contribution is -2.35. The van der Waals surface area contributed by atoms with E-state index in [1.807, 2.05) is 13.8 Å². The minimum Gasteiger partial charge on any atom is -0.485 e. The van der Waals surface area contributed by atoms with Gasteiger partial charge in [-0.2, -0.15) is 0 Å². The van der Waals surface area contributed by atoms with Crippen LogP contribution in [0.25, 0.3) is 11.4 Å². The van der Waals surface area contributed by atoms with Crippen LogP contribution in [-0.2, 0) is 19.5 Å². The number of halogens is 1. The van der Waals surface area contributed by atoms with Crippen LogP contribution in [0.2, 0.25) is 5.02 Å². The normalized spacial score (nSPS) is 16.7. The zero-order valence-electron chi connectivity index (χ0n) is 22.5. The van der Waals surface area contributed by atoms with E-state index in [2.05, 4.69) is 29.9 Å². The Morgan fingerprint density at radius 1 is 1.13 bits per heavy atom. The summed E-state index contributed by atoms with van der Waals surface area (Å²) in [5.41, 5.74) is 0.556. The van der Waals surface area contributed by atoms with Crippen molar-refractivity contribution in [3.05, 3.63) is 35.5 Å². The van der Waals surface area contributed by atoms with Crippen molar-refractivity contribution in [2.45, 2.75) is 64.2 Å². The molecule has 2 unspecified atom stereocenters. The summed E-state index contributed by atoms with van der Waals surface area (Å²) >= 11 is 5.93. The SMILES string of the molecule is COC[C@@H]1COc2c(ccnc2OC(C)C)-c2nnc(NS(=O)(=O)C(C)C(OC(C)C)c3ncc(Cl)cn3)n21. The Bertz CT molecular complexity index is 1380. The van der Waals surface area contributed by atoms with Crippen molar-refractivity contribution < 1.29 is 27.4 Å². The Hall–Kier alpha value is -3.07. The number of aromatic nitrogens is 6. The summed E-state index contributed by atoms with van der Waals surface area (Å²) in [4.78, 5) is 12.7. The Morgan fingerprint density at radius 2 is 1.85 bits per heavy atom. The van der Waals surface area contributed by atoms with Crippen LogP contribution in [0.4, 0.5) is 5.95 Å². The first-order valence-electron chi connectivity index (χ1n) is 12.4. The van der Waals surface area contributed by atoms with Crippen LogP contribution in [0.15, 0.2) is 24.7 Å². The number of nitrogens with zero attached hydrogens (tertiary/aromatic N) is 6. The fraction of sp³-hybridized carbons (Fsp3) is 0.542. The predicted molar refractivity (Wildman–Crippen MR) is 143 cm³/mol. The van der Waals surface area contributed by atoms with Gasteiger partial charge in [0, 0.05) is 25.7 Å². The summed E-state index contributed by atoms with van der Waals surface area (Å²) in [6.07, 6.45) is 2.94. The molecule has 3 aromatic heterocycles. The molecular weight excluding hydrogens is 550 g/mol. The molecule has 0 radical (unpaired) electrons. The van der Waals surface area contributed by atoms with E-state index in [4.69, 9.17) is 30.5 Å². The molecule has 39 heavy (non-hydrogen) atoms. The van der Waals surface area contributed by atoms with Crippen molar-refractivity contribution >= 4 is 27.6 Å². The molecule has 0 aromatic carbocycles. The second-order valence-corrected chi connectivity index (χ2v) is 12.0. The zero-order valence-corrected chi connectivity index (χ0v) is 24.1. The average Bonchev–Trinajstić information content (AvgIpc) is 3.20. The lowest BCUT2D eigenvalue weighted by Gasteiger charge is -2.26. The largest absolute Gasteiger partial charge is 0.485 e. The van der Waals surface area contributed by atoms with Crippen LogP contribution in [0.3, 0.4) is 0 Å². The van der Waals surface area contributed by atoms with E-state index >= 15 is 0 Å². The molecule has 15 heteroatoms. The Labute approximate surface area is 232 Å². The zero-order chi connectivity index (χ0) is 28.3. The third-order valence-corrected chi connectivity index (χ3v) is 7.65. The molecule has 0 amide bonds. The molecule has 4 heterocycles. The van der Waals surface area contributed by atoms with Gasteiger partial charge in [-0.05, 0) is 40.7 Å².